The third-order valence-corrected chi connectivity index (χ3v) is 6.64. The molecular formula is C25H18Br2ClNO2. The summed E-state index contributed by atoms with van der Waals surface area (Å²) >= 11 is 13.3. The van der Waals surface area contributed by atoms with E-state index in [1.165, 1.54) is 0 Å². The normalized spacial score (nSPS) is 14.8. The highest BCUT2D eigenvalue weighted by molar-refractivity contribution is 9.10. The number of halogens is 3. The minimum Gasteiger partial charge on any atom is -0.493 e. The fourth-order valence-corrected chi connectivity index (χ4v) is 4.31. The van der Waals surface area contributed by atoms with Crippen LogP contribution >= 0.6 is 43.5 Å². The summed E-state index contributed by atoms with van der Waals surface area (Å²) in [4.78, 5) is 15.2. The molecule has 0 aromatic heterocycles. The second kappa shape index (κ2) is 9.43. The van der Waals surface area contributed by atoms with Crippen molar-refractivity contribution in [3.05, 3.63) is 103 Å². The van der Waals surface area contributed by atoms with Crippen LogP contribution in [-0.4, -0.2) is 12.5 Å². The van der Waals surface area contributed by atoms with Gasteiger partial charge in [-0.25, -0.2) is 0 Å². The van der Waals surface area contributed by atoms with Crippen molar-refractivity contribution in [3.63, 3.8) is 0 Å². The zero-order valence-electron chi connectivity index (χ0n) is 16.6. The maximum absolute atomic E-state index is 13.5. The van der Waals surface area contributed by atoms with Crippen molar-refractivity contribution in [2.24, 2.45) is 0 Å². The molecule has 0 saturated carbocycles. The van der Waals surface area contributed by atoms with E-state index in [2.05, 4.69) is 31.9 Å². The minimum atomic E-state index is -0.109. The molecule has 0 N–H and O–H groups in total. The fraction of sp³-hybridized carbons (Fsp3) is 0.0800. The summed E-state index contributed by atoms with van der Waals surface area (Å²) in [7, 11) is 0. The van der Waals surface area contributed by atoms with Gasteiger partial charge in [-0.05, 0) is 92.4 Å². The molecule has 1 aliphatic heterocycles. The first-order valence-corrected chi connectivity index (χ1v) is 11.6. The maximum Gasteiger partial charge on any atom is 0.262 e. The van der Waals surface area contributed by atoms with Crippen LogP contribution in [0.1, 0.15) is 18.1 Å². The van der Waals surface area contributed by atoms with E-state index in [-0.39, 0.29) is 5.91 Å². The number of anilines is 1. The summed E-state index contributed by atoms with van der Waals surface area (Å²) in [5, 5.41) is 0.547. The van der Waals surface area contributed by atoms with Gasteiger partial charge in [-0.3, -0.25) is 9.69 Å². The fourth-order valence-electron chi connectivity index (χ4n) is 3.38. The standard InChI is InChI=1S/C25H18Br2ClNO2/c1-2-31-24-11-8-16(13-21(24)27)12-18-14-23(17-6-4-3-5-7-17)29(25(18)30)19-9-10-20(26)22(28)15-19/h3-15H,2H2,1H3/b18-12+. The van der Waals surface area contributed by atoms with Crippen molar-refractivity contribution >= 4 is 66.8 Å². The number of benzene rings is 3. The second-order valence-electron chi connectivity index (χ2n) is 6.86. The Bertz CT molecular complexity index is 1210. The molecule has 4 rings (SSSR count). The Kier molecular flexibility index (Phi) is 6.65. The van der Waals surface area contributed by atoms with E-state index in [0.717, 1.165) is 31.5 Å². The van der Waals surface area contributed by atoms with Crippen LogP contribution in [0, 0.1) is 0 Å². The summed E-state index contributed by atoms with van der Waals surface area (Å²) in [6.07, 6.45) is 3.80. The Morgan fingerprint density at radius 3 is 2.45 bits per heavy atom. The van der Waals surface area contributed by atoms with Crippen LogP contribution in [0.3, 0.4) is 0 Å². The van der Waals surface area contributed by atoms with Gasteiger partial charge in [0, 0.05) is 10.0 Å². The molecule has 6 heteroatoms. The molecule has 3 aromatic rings. The molecule has 0 fully saturated rings. The lowest BCUT2D eigenvalue weighted by molar-refractivity contribution is -0.113. The minimum absolute atomic E-state index is 0.109. The van der Waals surface area contributed by atoms with Crippen molar-refractivity contribution in [2.45, 2.75) is 6.92 Å². The van der Waals surface area contributed by atoms with Gasteiger partial charge >= 0.3 is 0 Å². The van der Waals surface area contributed by atoms with Crippen molar-refractivity contribution in [2.75, 3.05) is 11.5 Å². The number of hydrogen-bond donors (Lipinski definition) is 0. The Labute approximate surface area is 203 Å². The van der Waals surface area contributed by atoms with Gasteiger partial charge in [-0.1, -0.05) is 48.0 Å². The van der Waals surface area contributed by atoms with Crippen molar-refractivity contribution in [3.8, 4) is 5.75 Å². The summed E-state index contributed by atoms with van der Waals surface area (Å²) in [6, 6.07) is 21.1. The maximum atomic E-state index is 13.5. The molecule has 0 unspecified atom stereocenters. The van der Waals surface area contributed by atoms with Crippen LogP contribution in [0.25, 0.3) is 11.8 Å². The first-order chi connectivity index (χ1) is 15.0. The van der Waals surface area contributed by atoms with E-state index in [1.54, 1.807) is 11.0 Å². The molecule has 1 amide bonds. The molecule has 3 nitrogen and oxygen atoms in total. The van der Waals surface area contributed by atoms with Crippen molar-refractivity contribution in [1.29, 1.82) is 0 Å². The molecule has 31 heavy (non-hydrogen) atoms. The topological polar surface area (TPSA) is 29.5 Å². The number of amides is 1. The highest BCUT2D eigenvalue weighted by Crippen LogP contribution is 2.38. The highest BCUT2D eigenvalue weighted by atomic mass is 79.9. The Hall–Kier alpha value is -2.34. The number of nitrogens with zero attached hydrogens (tertiary/aromatic N) is 1. The van der Waals surface area contributed by atoms with E-state index in [0.29, 0.717) is 22.9 Å². The molecule has 0 aliphatic carbocycles. The van der Waals surface area contributed by atoms with E-state index in [9.17, 15) is 4.79 Å². The first-order valence-electron chi connectivity index (χ1n) is 9.68. The quantitative estimate of drug-likeness (QED) is 0.299. The Balaban J connectivity index is 1.78. The van der Waals surface area contributed by atoms with Gasteiger partial charge in [0.2, 0.25) is 0 Å². The molecule has 0 saturated heterocycles. The molecule has 1 heterocycles. The molecule has 1 aliphatic rings. The number of carbonyl (C=O) groups excluding carboxylic acids is 1. The summed E-state index contributed by atoms with van der Waals surface area (Å²) in [5.41, 5.74) is 3.96. The van der Waals surface area contributed by atoms with Gasteiger partial charge in [-0.15, -0.1) is 0 Å². The number of rotatable bonds is 5. The van der Waals surface area contributed by atoms with E-state index in [1.807, 2.05) is 79.7 Å². The molecule has 0 spiro atoms. The largest absolute Gasteiger partial charge is 0.493 e. The third kappa shape index (κ3) is 4.64. The number of carbonyl (C=O) groups is 1. The summed E-state index contributed by atoms with van der Waals surface area (Å²) in [5.74, 6) is 0.663. The van der Waals surface area contributed by atoms with Gasteiger partial charge in [0.25, 0.3) is 5.91 Å². The molecule has 0 atom stereocenters. The highest BCUT2D eigenvalue weighted by Gasteiger charge is 2.30. The van der Waals surface area contributed by atoms with Crippen molar-refractivity contribution < 1.29 is 9.53 Å². The second-order valence-corrected chi connectivity index (χ2v) is 8.97. The van der Waals surface area contributed by atoms with Crippen LogP contribution in [0.2, 0.25) is 5.02 Å². The third-order valence-electron chi connectivity index (χ3n) is 4.79. The molecule has 0 bridgehead atoms. The van der Waals surface area contributed by atoms with Crippen molar-refractivity contribution in [1.82, 2.24) is 0 Å². The van der Waals surface area contributed by atoms with E-state index >= 15 is 0 Å². The lowest BCUT2D eigenvalue weighted by Gasteiger charge is -2.21. The van der Waals surface area contributed by atoms with Gasteiger partial charge in [0.05, 0.1) is 27.5 Å². The van der Waals surface area contributed by atoms with Crippen LogP contribution in [0.15, 0.2) is 87.3 Å². The lowest BCUT2D eigenvalue weighted by atomic mass is 10.1. The van der Waals surface area contributed by atoms with Gasteiger partial charge in [-0.2, -0.15) is 0 Å². The van der Waals surface area contributed by atoms with Crippen LogP contribution in [0.4, 0.5) is 5.69 Å². The average molecular weight is 560 g/mol. The molecule has 156 valence electrons. The smallest absolute Gasteiger partial charge is 0.262 e. The van der Waals surface area contributed by atoms with E-state index in [4.69, 9.17) is 16.3 Å². The average Bonchev–Trinajstić information content (AvgIpc) is 3.09. The Morgan fingerprint density at radius 2 is 1.77 bits per heavy atom. The molecular weight excluding hydrogens is 542 g/mol. The first kappa shape index (κ1) is 21.9. The zero-order valence-corrected chi connectivity index (χ0v) is 20.5. The van der Waals surface area contributed by atoms with Gasteiger partial charge in [0.1, 0.15) is 5.75 Å². The van der Waals surface area contributed by atoms with E-state index < -0.39 is 0 Å². The summed E-state index contributed by atoms with van der Waals surface area (Å²) < 4.78 is 7.21. The summed E-state index contributed by atoms with van der Waals surface area (Å²) in [6.45, 7) is 2.53. The number of ether oxygens (including phenoxy) is 1. The Morgan fingerprint density at radius 1 is 1.00 bits per heavy atom. The molecule has 3 aromatic carbocycles. The van der Waals surface area contributed by atoms with Crippen LogP contribution in [0.5, 0.6) is 5.75 Å². The zero-order chi connectivity index (χ0) is 22.0. The van der Waals surface area contributed by atoms with Crippen LogP contribution in [-0.2, 0) is 4.79 Å². The van der Waals surface area contributed by atoms with Crippen LogP contribution < -0.4 is 9.64 Å². The predicted octanol–water partition coefficient (Wildman–Crippen LogP) is 7.74. The van der Waals surface area contributed by atoms with Gasteiger partial charge < -0.3 is 4.74 Å². The number of hydrogen-bond acceptors (Lipinski definition) is 2. The lowest BCUT2D eigenvalue weighted by Crippen LogP contribution is -2.24. The SMILES string of the molecule is CCOc1ccc(/C=C2\C=C(c3ccccc3)N(c3ccc(Br)c(Cl)c3)C2=O)cc1Br. The monoisotopic (exact) mass is 557 g/mol. The predicted molar refractivity (Wildman–Crippen MR) is 134 cm³/mol. The van der Waals surface area contributed by atoms with Gasteiger partial charge in [0.15, 0.2) is 0 Å². The molecule has 0 radical (unpaired) electrons.